The molecule has 1 aromatic carbocycles. The fraction of sp³-hybridized carbons (Fsp3) is 0.200. The smallest absolute Gasteiger partial charge is 0.427 e. The first kappa shape index (κ1) is 11.7. The van der Waals surface area contributed by atoms with Gasteiger partial charge in [-0.3, -0.25) is 0 Å². The molecule has 0 aromatic heterocycles. The molecule has 5 heteroatoms. The summed E-state index contributed by atoms with van der Waals surface area (Å²) in [6, 6.07) is 7.56. The summed E-state index contributed by atoms with van der Waals surface area (Å²) in [6.07, 6.45) is 0.988. The quantitative estimate of drug-likeness (QED) is 0.678. The Balaban J connectivity index is 2.52. The Morgan fingerprint density at radius 1 is 1.60 bits per heavy atom. The van der Waals surface area contributed by atoms with E-state index in [4.69, 9.17) is 0 Å². The first-order valence-electron chi connectivity index (χ1n) is 4.44. The van der Waals surface area contributed by atoms with Crippen LogP contribution in [0.1, 0.15) is 12.5 Å². The van der Waals surface area contributed by atoms with Crippen LogP contribution in [0, 0.1) is 0 Å². The van der Waals surface area contributed by atoms with E-state index in [2.05, 4.69) is 31.2 Å². The largest absolute Gasteiger partial charge is 0.449 e. The second-order valence-corrected chi connectivity index (χ2v) is 3.47. The lowest BCUT2D eigenvalue weighted by molar-refractivity contribution is 0.152. The highest BCUT2D eigenvalue weighted by molar-refractivity contribution is 9.10. The maximum Gasteiger partial charge on any atom is 0.427 e. The molecule has 4 nitrogen and oxygen atoms in total. The van der Waals surface area contributed by atoms with E-state index >= 15 is 0 Å². The molecule has 0 saturated carbocycles. The Hall–Kier alpha value is -1.36. The van der Waals surface area contributed by atoms with Gasteiger partial charge in [-0.1, -0.05) is 34.1 Å². The molecular weight excluding hydrogens is 260 g/mol. The van der Waals surface area contributed by atoms with Gasteiger partial charge in [0, 0.05) is 10.0 Å². The van der Waals surface area contributed by atoms with Crippen LogP contribution in [0.2, 0.25) is 0 Å². The van der Waals surface area contributed by atoms with Crippen molar-refractivity contribution in [2.75, 3.05) is 6.61 Å². The standard InChI is InChI=1S/C10H11BrN2O2/c1-2-15-10(14)13-12-7-8-5-3-4-6-9(8)11/h3-7H,2H2,1H3,(H,13,14)/b12-7-. The van der Waals surface area contributed by atoms with Crippen LogP contribution in [-0.4, -0.2) is 18.9 Å². The van der Waals surface area contributed by atoms with E-state index in [1.165, 1.54) is 0 Å². The summed E-state index contributed by atoms with van der Waals surface area (Å²) < 4.78 is 5.55. The van der Waals surface area contributed by atoms with E-state index in [0.717, 1.165) is 10.0 Å². The predicted octanol–water partition coefficient (Wildman–Crippen LogP) is 2.53. The summed E-state index contributed by atoms with van der Waals surface area (Å²) in [4.78, 5) is 10.9. The van der Waals surface area contributed by atoms with Crippen molar-refractivity contribution in [3.05, 3.63) is 34.3 Å². The molecule has 1 aromatic rings. The molecule has 0 aliphatic carbocycles. The van der Waals surface area contributed by atoms with Crippen LogP contribution < -0.4 is 5.43 Å². The van der Waals surface area contributed by atoms with Gasteiger partial charge in [-0.25, -0.2) is 10.2 Å². The molecule has 0 radical (unpaired) electrons. The SMILES string of the molecule is CCOC(=O)N/N=C\c1ccccc1Br. The summed E-state index contributed by atoms with van der Waals surface area (Å²) in [7, 11) is 0. The predicted molar refractivity (Wildman–Crippen MR) is 61.9 cm³/mol. The molecule has 0 saturated heterocycles. The number of hydrogen-bond donors (Lipinski definition) is 1. The maximum absolute atomic E-state index is 10.9. The molecule has 0 aliphatic rings. The molecule has 0 unspecified atom stereocenters. The highest BCUT2D eigenvalue weighted by Crippen LogP contribution is 2.13. The van der Waals surface area contributed by atoms with E-state index in [1.54, 1.807) is 13.1 Å². The van der Waals surface area contributed by atoms with Gasteiger partial charge < -0.3 is 4.74 Å². The second kappa shape index (κ2) is 6.19. The van der Waals surface area contributed by atoms with Crippen molar-refractivity contribution in [3.8, 4) is 0 Å². The topological polar surface area (TPSA) is 50.7 Å². The van der Waals surface area contributed by atoms with Gasteiger partial charge in [0.15, 0.2) is 0 Å². The summed E-state index contributed by atoms with van der Waals surface area (Å²) in [5.41, 5.74) is 3.13. The molecule has 80 valence electrons. The zero-order chi connectivity index (χ0) is 11.1. The summed E-state index contributed by atoms with van der Waals surface area (Å²) in [6.45, 7) is 2.06. The molecule has 1 rings (SSSR count). The molecule has 15 heavy (non-hydrogen) atoms. The third kappa shape index (κ3) is 4.12. The molecule has 0 heterocycles. The van der Waals surface area contributed by atoms with Gasteiger partial charge in [0.25, 0.3) is 0 Å². The van der Waals surface area contributed by atoms with Crippen LogP contribution in [0.25, 0.3) is 0 Å². The van der Waals surface area contributed by atoms with E-state index in [0.29, 0.717) is 6.61 Å². The third-order valence-electron chi connectivity index (χ3n) is 1.54. The van der Waals surface area contributed by atoms with Crippen molar-refractivity contribution in [3.63, 3.8) is 0 Å². The Morgan fingerprint density at radius 2 is 2.33 bits per heavy atom. The maximum atomic E-state index is 10.9. The van der Waals surface area contributed by atoms with Gasteiger partial charge in [-0.2, -0.15) is 5.10 Å². The zero-order valence-electron chi connectivity index (χ0n) is 8.24. The van der Waals surface area contributed by atoms with Gasteiger partial charge in [-0.15, -0.1) is 0 Å². The highest BCUT2D eigenvalue weighted by atomic mass is 79.9. The van der Waals surface area contributed by atoms with Crippen molar-refractivity contribution in [2.45, 2.75) is 6.92 Å². The number of hydrazone groups is 1. The average Bonchev–Trinajstić information content (AvgIpc) is 2.21. The van der Waals surface area contributed by atoms with Crippen LogP contribution >= 0.6 is 15.9 Å². The number of amides is 1. The summed E-state index contributed by atoms with van der Waals surface area (Å²) in [5.74, 6) is 0. The molecule has 0 fully saturated rings. The van der Waals surface area contributed by atoms with E-state index in [-0.39, 0.29) is 0 Å². The van der Waals surface area contributed by atoms with Crippen molar-refractivity contribution in [1.29, 1.82) is 0 Å². The number of nitrogens with zero attached hydrogens (tertiary/aromatic N) is 1. The van der Waals surface area contributed by atoms with E-state index in [1.807, 2.05) is 24.3 Å². The lowest BCUT2D eigenvalue weighted by atomic mass is 10.2. The minimum atomic E-state index is -0.555. The number of rotatable bonds is 3. The Labute approximate surface area is 96.4 Å². The second-order valence-electron chi connectivity index (χ2n) is 2.61. The Morgan fingerprint density at radius 3 is 3.00 bits per heavy atom. The molecule has 1 N–H and O–H groups in total. The van der Waals surface area contributed by atoms with Crippen molar-refractivity contribution in [1.82, 2.24) is 5.43 Å². The first-order chi connectivity index (χ1) is 7.24. The molecular formula is C10H11BrN2O2. The number of carbonyl (C=O) groups excluding carboxylic acids is 1. The summed E-state index contributed by atoms with van der Waals surface area (Å²) >= 11 is 3.36. The van der Waals surface area contributed by atoms with Crippen LogP contribution in [-0.2, 0) is 4.74 Å². The van der Waals surface area contributed by atoms with Gasteiger partial charge >= 0.3 is 6.09 Å². The number of halogens is 1. The monoisotopic (exact) mass is 270 g/mol. The molecule has 1 amide bonds. The number of nitrogens with one attached hydrogen (secondary N) is 1. The summed E-state index contributed by atoms with van der Waals surface area (Å²) in [5, 5.41) is 3.74. The van der Waals surface area contributed by atoms with Crippen LogP contribution in [0.3, 0.4) is 0 Å². The number of benzene rings is 1. The fourth-order valence-corrected chi connectivity index (χ4v) is 1.28. The number of ether oxygens (including phenoxy) is 1. The van der Waals surface area contributed by atoms with E-state index in [9.17, 15) is 4.79 Å². The zero-order valence-corrected chi connectivity index (χ0v) is 9.82. The van der Waals surface area contributed by atoms with Crippen LogP contribution in [0.4, 0.5) is 4.79 Å². The van der Waals surface area contributed by atoms with Gasteiger partial charge in [0.2, 0.25) is 0 Å². The lowest BCUT2D eigenvalue weighted by Crippen LogP contribution is -2.18. The van der Waals surface area contributed by atoms with Crippen LogP contribution in [0.15, 0.2) is 33.8 Å². The number of carbonyl (C=O) groups is 1. The Kier molecular flexibility index (Phi) is 4.83. The van der Waals surface area contributed by atoms with Crippen molar-refractivity contribution in [2.24, 2.45) is 5.10 Å². The average molecular weight is 271 g/mol. The van der Waals surface area contributed by atoms with Crippen molar-refractivity contribution < 1.29 is 9.53 Å². The molecule has 0 atom stereocenters. The Bertz CT molecular complexity index is 366. The molecule has 0 spiro atoms. The van der Waals surface area contributed by atoms with Crippen molar-refractivity contribution >= 4 is 28.2 Å². The van der Waals surface area contributed by atoms with Gasteiger partial charge in [-0.05, 0) is 13.0 Å². The lowest BCUT2D eigenvalue weighted by Gasteiger charge is -1.99. The van der Waals surface area contributed by atoms with Crippen LogP contribution in [0.5, 0.6) is 0 Å². The first-order valence-corrected chi connectivity index (χ1v) is 5.23. The fourth-order valence-electron chi connectivity index (χ4n) is 0.898. The van der Waals surface area contributed by atoms with Gasteiger partial charge in [0.05, 0.1) is 12.8 Å². The highest BCUT2D eigenvalue weighted by Gasteiger charge is 1.96. The van der Waals surface area contributed by atoms with Gasteiger partial charge in [0.1, 0.15) is 0 Å². The minimum Gasteiger partial charge on any atom is -0.449 e. The normalized spacial score (nSPS) is 10.3. The minimum absolute atomic E-state index is 0.330. The van der Waals surface area contributed by atoms with E-state index < -0.39 is 6.09 Å². The number of hydrogen-bond acceptors (Lipinski definition) is 3. The molecule has 0 aliphatic heterocycles. The third-order valence-corrected chi connectivity index (χ3v) is 2.26. The molecule has 0 bridgehead atoms.